The van der Waals surface area contributed by atoms with E-state index in [1.54, 1.807) is 0 Å². The summed E-state index contributed by atoms with van der Waals surface area (Å²) in [5.74, 6) is -1.53. The summed E-state index contributed by atoms with van der Waals surface area (Å²) < 4.78 is 34.8. The Labute approximate surface area is 165 Å². The molecule has 0 spiro atoms. The number of ether oxygens (including phenoxy) is 1. The van der Waals surface area contributed by atoms with E-state index in [2.05, 4.69) is 38.9 Å². The third-order valence-electron chi connectivity index (χ3n) is 6.09. The largest absolute Gasteiger partial charge is 0.496 e. The fraction of sp³-hybridized carbons (Fsp3) is 0.435. The highest BCUT2D eigenvalue weighted by Gasteiger charge is 2.38. The van der Waals surface area contributed by atoms with Crippen molar-refractivity contribution >= 4 is 6.21 Å². The molecule has 1 N–H and O–H groups in total. The number of hydrogen-bond donors (Lipinski definition) is 1. The molecule has 28 heavy (non-hydrogen) atoms. The number of nitrogens with zero attached hydrogens (tertiary/aromatic N) is 1. The van der Waals surface area contributed by atoms with Gasteiger partial charge in [-0.05, 0) is 58.9 Å². The molecule has 0 saturated heterocycles. The van der Waals surface area contributed by atoms with Crippen LogP contribution in [-0.2, 0) is 10.8 Å². The minimum atomic E-state index is -0.840. The summed E-state index contributed by atoms with van der Waals surface area (Å²) in [5, 5.41) is 11.6. The van der Waals surface area contributed by atoms with Crippen LogP contribution < -0.4 is 4.74 Å². The van der Waals surface area contributed by atoms with Crippen molar-refractivity contribution in [3.8, 4) is 16.9 Å². The average Bonchev–Trinajstić information content (AvgIpc) is 2.62. The zero-order valence-electron chi connectivity index (χ0n) is 17.3. The first-order valence-electron chi connectivity index (χ1n) is 9.43. The van der Waals surface area contributed by atoms with Gasteiger partial charge in [-0.25, -0.2) is 8.78 Å². The van der Waals surface area contributed by atoms with E-state index >= 15 is 4.39 Å². The second kappa shape index (κ2) is 6.87. The van der Waals surface area contributed by atoms with E-state index in [1.807, 2.05) is 13.0 Å². The van der Waals surface area contributed by atoms with Crippen molar-refractivity contribution in [3.05, 3.63) is 52.1 Å². The van der Waals surface area contributed by atoms with E-state index in [1.165, 1.54) is 18.2 Å². The number of aryl methyl sites for hydroxylation is 1. The summed E-state index contributed by atoms with van der Waals surface area (Å²) in [4.78, 5) is 0. The number of halogens is 2. The molecule has 0 amide bonds. The molecule has 1 aliphatic carbocycles. The number of oxime groups is 1. The first kappa shape index (κ1) is 20.3. The lowest BCUT2D eigenvalue weighted by Gasteiger charge is -2.42. The molecule has 0 radical (unpaired) electrons. The normalized spacial score (nSPS) is 17.6. The standard InChI is InChI=1S/C23H27F2NO2/c1-13-9-16-17(23(4,5)8-7-22(16,2)3)10-14(13)20-19(28-6)11-18(24)15(12-26-27)21(20)25/h9-12,27H,7-8H2,1-6H3/b26-12+. The second-order valence-corrected chi connectivity index (χ2v) is 8.89. The lowest BCUT2D eigenvalue weighted by molar-refractivity contribution is 0.321. The van der Waals surface area contributed by atoms with Gasteiger partial charge in [0.25, 0.3) is 0 Å². The average molecular weight is 387 g/mol. The molecule has 2 aromatic rings. The first-order chi connectivity index (χ1) is 13.0. The molecule has 150 valence electrons. The van der Waals surface area contributed by atoms with Gasteiger partial charge in [0.05, 0.1) is 24.5 Å². The highest BCUT2D eigenvalue weighted by atomic mass is 19.1. The Morgan fingerprint density at radius 2 is 1.61 bits per heavy atom. The van der Waals surface area contributed by atoms with E-state index in [0.717, 1.165) is 30.7 Å². The van der Waals surface area contributed by atoms with Crippen LogP contribution in [0.2, 0.25) is 0 Å². The fourth-order valence-corrected chi connectivity index (χ4v) is 4.19. The summed E-state index contributed by atoms with van der Waals surface area (Å²) in [6.45, 7) is 10.8. The van der Waals surface area contributed by atoms with Crippen LogP contribution in [0, 0.1) is 18.6 Å². The summed E-state index contributed by atoms with van der Waals surface area (Å²) in [6, 6.07) is 5.27. The maximum atomic E-state index is 15.3. The van der Waals surface area contributed by atoms with Crippen molar-refractivity contribution in [1.29, 1.82) is 0 Å². The molecular formula is C23H27F2NO2. The molecule has 5 heteroatoms. The summed E-state index contributed by atoms with van der Waals surface area (Å²) >= 11 is 0. The van der Waals surface area contributed by atoms with Gasteiger partial charge in [0.1, 0.15) is 17.4 Å². The summed E-state index contributed by atoms with van der Waals surface area (Å²) in [6.07, 6.45) is 2.88. The van der Waals surface area contributed by atoms with Crippen molar-refractivity contribution in [2.24, 2.45) is 5.16 Å². The van der Waals surface area contributed by atoms with Crippen molar-refractivity contribution < 1.29 is 18.7 Å². The van der Waals surface area contributed by atoms with Crippen LogP contribution in [0.1, 0.15) is 62.8 Å². The molecule has 2 aromatic carbocycles. The molecule has 0 bridgehead atoms. The topological polar surface area (TPSA) is 41.8 Å². The smallest absolute Gasteiger partial charge is 0.146 e. The van der Waals surface area contributed by atoms with Crippen LogP contribution in [-0.4, -0.2) is 18.5 Å². The molecule has 3 rings (SSSR count). The lowest BCUT2D eigenvalue weighted by Crippen LogP contribution is -2.34. The molecule has 0 atom stereocenters. The van der Waals surface area contributed by atoms with Crippen LogP contribution in [0.3, 0.4) is 0 Å². The summed E-state index contributed by atoms with van der Waals surface area (Å²) in [7, 11) is 1.39. The maximum absolute atomic E-state index is 15.3. The van der Waals surface area contributed by atoms with E-state index in [4.69, 9.17) is 9.94 Å². The Hall–Kier alpha value is -2.43. The van der Waals surface area contributed by atoms with Crippen molar-refractivity contribution in [2.45, 2.75) is 58.3 Å². The molecule has 0 saturated carbocycles. The second-order valence-electron chi connectivity index (χ2n) is 8.89. The van der Waals surface area contributed by atoms with E-state index in [9.17, 15) is 4.39 Å². The van der Waals surface area contributed by atoms with Gasteiger partial charge in [-0.15, -0.1) is 0 Å². The number of hydrogen-bond acceptors (Lipinski definition) is 3. The van der Waals surface area contributed by atoms with Crippen LogP contribution in [0.5, 0.6) is 5.75 Å². The van der Waals surface area contributed by atoms with Crippen LogP contribution in [0.4, 0.5) is 8.78 Å². The van der Waals surface area contributed by atoms with Crippen molar-refractivity contribution in [2.75, 3.05) is 7.11 Å². The third kappa shape index (κ3) is 3.17. The molecule has 1 aliphatic rings. The molecule has 0 unspecified atom stereocenters. The minimum absolute atomic E-state index is 0.0360. The Kier molecular flexibility index (Phi) is 4.98. The Bertz CT molecular complexity index is 962. The van der Waals surface area contributed by atoms with Gasteiger partial charge in [-0.3, -0.25) is 0 Å². The summed E-state index contributed by atoms with van der Waals surface area (Å²) in [5.41, 5.74) is 3.76. The van der Waals surface area contributed by atoms with E-state index in [-0.39, 0.29) is 22.1 Å². The number of methoxy groups -OCH3 is 1. The number of benzene rings is 2. The lowest BCUT2D eigenvalue weighted by atomic mass is 9.62. The number of rotatable bonds is 3. The quantitative estimate of drug-likeness (QED) is 0.392. The van der Waals surface area contributed by atoms with Crippen molar-refractivity contribution in [1.82, 2.24) is 0 Å². The minimum Gasteiger partial charge on any atom is -0.496 e. The van der Waals surface area contributed by atoms with Crippen LogP contribution in [0.15, 0.2) is 23.4 Å². The highest BCUT2D eigenvalue weighted by Crippen LogP contribution is 2.48. The highest BCUT2D eigenvalue weighted by molar-refractivity contribution is 5.86. The zero-order valence-corrected chi connectivity index (χ0v) is 17.3. The zero-order chi connectivity index (χ0) is 20.9. The molecule has 0 fully saturated rings. The van der Waals surface area contributed by atoms with Gasteiger partial charge in [-0.2, -0.15) is 0 Å². The molecule has 0 heterocycles. The predicted molar refractivity (Wildman–Crippen MR) is 108 cm³/mol. The van der Waals surface area contributed by atoms with E-state index < -0.39 is 17.2 Å². The monoisotopic (exact) mass is 387 g/mol. The van der Waals surface area contributed by atoms with Gasteiger partial charge in [0.2, 0.25) is 0 Å². The van der Waals surface area contributed by atoms with Gasteiger partial charge in [0, 0.05) is 6.07 Å². The molecule has 0 aliphatic heterocycles. The van der Waals surface area contributed by atoms with Gasteiger partial charge < -0.3 is 9.94 Å². The van der Waals surface area contributed by atoms with Crippen LogP contribution >= 0.6 is 0 Å². The van der Waals surface area contributed by atoms with E-state index in [0.29, 0.717) is 5.56 Å². The fourth-order valence-electron chi connectivity index (χ4n) is 4.19. The number of fused-ring (bicyclic) bond motifs is 1. The Balaban J connectivity index is 2.36. The maximum Gasteiger partial charge on any atom is 0.146 e. The molecule has 3 nitrogen and oxygen atoms in total. The van der Waals surface area contributed by atoms with Crippen molar-refractivity contribution in [3.63, 3.8) is 0 Å². The molecule has 0 aromatic heterocycles. The molecular weight excluding hydrogens is 360 g/mol. The van der Waals surface area contributed by atoms with Gasteiger partial charge in [0.15, 0.2) is 0 Å². The first-order valence-corrected chi connectivity index (χ1v) is 9.43. The SMILES string of the molecule is COc1cc(F)c(/C=N/O)c(F)c1-c1cc2c(cc1C)C(C)(C)CCC2(C)C. The Morgan fingerprint density at radius 1 is 1.04 bits per heavy atom. The van der Waals surface area contributed by atoms with Crippen LogP contribution in [0.25, 0.3) is 11.1 Å². The van der Waals surface area contributed by atoms with Gasteiger partial charge >= 0.3 is 0 Å². The Morgan fingerprint density at radius 3 is 2.14 bits per heavy atom. The third-order valence-corrected chi connectivity index (χ3v) is 6.09. The van der Waals surface area contributed by atoms with Gasteiger partial charge in [-0.1, -0.05) is 38.9 Å². The predicted octanol–water partition coefficient (Wildman–Crippen LogP) is 6.11.